The molecule has 16 aromatic carbocycles. The molecule has 0 heterocycles. The number of hydrogen-bond donors (Lipinski definition) is 0. The Morgan fingerprint density at radius 1 is 0.130 bits per heavy atom. The minimum atomic E-state index is 1.05. The molecule has 0 aromatic heterocycles. The molecule has 0 atom stereocenters. The first-order chi connectivity index (χ1) is 45.7. The normalized spacial score (nSPS) is 11.5. The van der Waals surface area contributed by atoms with Crippen molar-refractivity contribution < 1.29 is 0 Å². The highest BCUT2D eigenvalue weighted by atomic mass is 15.2. The highest BCUT2D eigenvalue weighted by Crippen LogP contribution is 2.55. The largest absolute Gasteiger partial charge is 0.310 e. The maximum atomic E-state index is 2.46. The Labute approximate surface area is 536 Å². The molecule has 92 heavy (non-hydrogen) atoms. The number of rotatable bonds is 12. The molecular formula is C88H60N4. The number of anilines is 12. The van der Waals surface area contributed by atoms with Gasteiger partial charge in [-0.15, -0.1) is 0 Å². The van der Waals surface area contributed by atoms with Crippen molar-refractivity contribution in [1.29, 1.82) is 0 Å². The number of benzene rings is 16. The van der Waals surface area contributed by atoms with Gasteiger partial charge in [-0.2, -0.15) is 0 Å². The van der Waals surface area contributed by atoms with Crippen LogP contribution in [0.4, 0.5) is 68.2 Å². The minimum Gasteiger partial charge on any atom is -0.310 e. The predicted molar refractivity (Wildman–Crippen MR) is 391 cm³/mol. The third-order valence-corrected chi connectivity index (χ3v) is 18.3. The standard InChI is InChI=1S/C88H60N4/c1-5-33-65(34-6-1)89(85-45-21-29-61-25-13-17-41-73(61)85)69-49-53-77-78-54-50-71(91(67-37-9-3-10-38-67)87-47-23-31-63-27-15-19-43-75(63)87)59-83(78)84-60-72(92(68-39-11-4-12-40-68)88-48-24-32-64-28-16-20-44-76(64)88)52-56-80(84)79-55-51-70(58-82(79)81(77)57-69)90(66-35-7-2-8-36-66)86-46-22-30-62-26-14-18-42-74(62)86/h1-60H. The average molecular weight is 1170 g/mol. The van der Waals surface area contributed by atoms with Crippen LogP contribution in [0.25, 0.3) is 87.6 Å². The molecule has 4 nitrogen and oxygen atoms in total. The molecule has 0 spiro atoms. The van der Waals surface area contributed by atoms with Gasteiger partial charge < -0.3 is 19.6 Å². The summed E-state index contributed by atoms with van der Waals surface area (Å²) in [5.74, 6) is 0. The fourth-order valence-corrected chi connectivity index (χ4v) is 14.1. The fraction of sp³-hybridized carbons (Fsp3) is 0. The average Bonchev–Trinajstić information content (AvgIpc) is 0.791. The molecule has 0 saturated heterocycles. The second-order valence-corrected chi connectivity index (χ2v) is 23.6. The zero-order chi connectivity index (χ0) is 60.9. The lowest BCUT2D eigenvalue weighted by Gasteiger charge is -2.32. The van der Waals surface area contributed by atoms with E-state index in [0.29, 0.717) is 0 Å². The Morgan fingerprint density at radius 2 is 0.326 bits per heavy atom. The summed E-state index contributed by atoms with van der Waals surface area (Å²) < 4.78 is 0. The molecule has 0 fully saturated rings. The summed E-state index contributed by atoms with van der Waals surface area (Å²) in [6.07, 6.45) is 0. The van der Waals surface area contributed by atoms with E-state index in [1.807, 2.05) is 0 Å². The van der Waals surface area contributed by atoms with Crippen LogP contribution in [-0.2, 0) is 0 Å². The Hall–Kier alpha value is -12.2. The van der Waals surface area contributed by atoms with Gasteiger partial charge in [0.1, 0.15) is 0 Å². The fourth-order valence-electron chi connectivity index (χ4n) is 14.1. The monoisotopic (exact) mass is 1170 g/mol. The first-order valence-electron chi connectivity index (χ1n) is 31.6. The van der Waals surface area contributed by atoms with Crippen LogP contribution in [-0.4, -0.2) is 0 Å². The molecule has 1 aliphatic rings. The van der Waals surface area contributed by atoms with Crippen LogP contribution in [0.15, 0.2) is 364 Å². The van der Waals surface area contributed by atoms with E-state index < -0.39 is 0 Å². The molecule has 0 saturated carbocycles. The summed E-state index contributed by atoms with van der Waals surface area (Å²) in [4.78, 5) is 9.76. The molecule has 0 aliphatic heterocycles. The van der Waals surface area contributed by atoms with Crippen molar-refractivity contribution in [2.24, 2.45) is 0 Å². The van der Waals surface area contributed by atoms with Crippen LogP contribution >= 0.6 is 0 Å². The van der Waals surface area contributed by atoms with Gasteiger partial charge in [-0.05, 0) is 187 Å². The number of fused-ring (bicyclic) bond motifs is 12. The van der Waals surface area contributed by atoms with E-state index >= 15 is 0 Å². The van der Waals surface area contributed by atoms with Gasteiger partial charge in [0.05, 0.1) is 22.7 Å². The van der Waals surface area contributed by atoms with Crippen molar-refractivity contribution >= 4 is 111 Å². The van der Waals surface area contributed by atoms with Gasteiger partial charge in [0.25, 0.3) is 0 Å². The summed E-state index contributed by atoms with van der Waals surface area (Å²) in [5.41, 5.74) is 21.8. The van der Waals surface area contributed by atoms with Crippen molar-refractivity contribution in [3.05, 3.63) is 364 Å². The second-order valence-electron chi connectivity index (χ2n) is 23.6. The van der Waals surface area contributed by atoms with E-state index in [4.69, 9.17) is 0 Å². The van der Waals surface area contributed by atoms with Crippen LogP contribution in [0.3, 0.4) is 0 Å². The van der Waals surface area contributed by atoms with E-state index in [1.54, 1.807) is 0 Å². The second kappa shape index (κ2) is 23.0. The zero-order valence-corrected chi connectivity index (χ0v) is 50.4. The van der Waals surface area contributed by atoms with Crippen molar-refractivity contribution in [3.8, 4) is 44.5 Å². The molecule has 432 valence electrons. The smallest absolute Gasteiger partial charge is 0.0540 e. The van der Waals surface area contributed by atoms with E-state index in [9.17, 15) is 0 Å². The maximum absolute atomic E-state index is 2.46. The third kappa shape index (κ3) is 9.49. The van der Waals surface area contributed by atoms with Crippen molar-refractivity contribution in [2.75, 3.05) is 19.6 Å². The molecular weight excluding hydrogens is 1110 g/mol. The van der Waals surface area contributed by atoms with Crippen LogP contribution in [0.2, 0.25) is 0 Å². The van der Waals surface area contributed by atoms with E-state index in [0.717, 1.165) is 113 Å². The van der Waals surface area contributed by atoms with Crippen LogP contribution in [0, 0.1) is 0 Å². The molecule has 1 aliphatic carbocycles. The minimum absolute atomic E-state index is 1.05. The van der Waals surface area contributed by atoms with Gasteiger partial charge >= 0.3 is 0 Å². The van der Waals surface area contributed by atoms with Crippen LogP contribution < -0.4 is 19.6 Å². The van der Waals surface area contributed by atoms with Gasteiger partial charge in [-0.1, -0.05) is 243 Å². The van der Waals surface area contributed by atoms with Gasteiger partial charge in [-0.3, -0.25) is 0 Å². The first-order valence-corrected chi connectivity index (χ1v) is 31.6. The lowest BCUT2D eigenvalue weighted by molar-refractivity contribution is 1.28. The highest BCUT2D eigenvalue weighted by molar-refractivity contribution is 6.10. The van der Waals surface area contributed by atoms with Crippen molar-refractivity contribution in [2.45, 2.75) is 0 Å². The number of nitrogens with zero attached hydrogens (tertiary/aromatic N) is 4. The van der Waals surface area contributed by atoms with Gasteiger partial charge in [0, 0.05) is 67.0 Å². The van der Waals surface area contributed by atoms with Gasteiger partial charge in [-0.25, -0.2) is 0 Å². The Kier molecular flexibility index (Phi) is 13.5. The molecule has 0 N–H and O–H groups in total. The van der Waals surface area contributed by atoms with Gasteiger partial charge in [0.15, 0.2) is 0 Å². The summed E-state index contributed by atoms with van der Waals surface area (Å²) in [6.45, 7) is 0. The quantitative estimate of drug-likeness (QED) is 0.121. The van der Waals surface area contributed by atoms with Gasteiger partial charge in [0.2, 0.25) is 0 Å². The lowest BCUT2D eigenvalue weighted by atomic mass is 9.80. The maximum Gasteiger partial charge on any atom is 0.0540 e. The third-order valence-electron chi connectivity index (χ3n) is 18.3. The van der Waals surface area contributed by atoms with E-state index in [1.165, 1.54) is 43.1 Å². The molecule has 0 bridgehead atoms. The first kappa shape index (κ1) is 54.0. The Bertz CT molecular complexity index is 4730. The summed E-state index contributed by atoms with van der Waals surface area (Å²) in [7, 11) is 0. The SMILES string of the molecule is c1ccc(N(c2ccc3c(c2)-c2cc(N(c4ccccc4)c4cccc5ccccc45)ccc2-c2ccc(N(c4ccccc4)c4cccc5ccccc45)cc2-c2cc(N(c4ccccc4)c4cccc5ccccc45)ccc2-3)c2cccc3ccccc23)cc1. The highest BCUT2D eigenvalue weighted by Gasteiger charge is 2.29. The zero-order valence-electron chi connectivity index (χ0n) is 50.4. The molecule has 16 aromatic rings. The molecule has 17 rings (SSSR count). The molecule has 4 heteroatoms. The number of hydrogen-bond acceptors (Lipinski definition) is 4. The predicted octanol–water partition coefficient (Wildman–Crippen LogP) is 25.2. The summed E-state index contributed by atoms with van der Waals surface area (Å²) >= 11 is 0. The van der Waals surface area contributed by atoms with E-state index in [-0.39, 0.29) is 0 Å². The topological polar surface area (TPSA) is 13.0 Å². The van der Waals surface area contributed by atoms with Crippen molar-refractivity contribution in [3.63, 3.8) is 0 Å². The summed E-state index contributed by atoms with van der Waals surface area (Å²) in [6, 6.07) is 134. The Balaban J connectivity index is 0.981. The Morgan fingerprint density at radius 3 is 0.554 bits per heavy atom. The lowest BCUT2D eigenvalue weighted by Crippen LogP contribution is -2.13. The van der Waals surface area contributed by atoms with E-state index in [2.05, 4.69) is 384 Å². The van der Waals surface area contributed by atoms with Crippen LogP contribution in [0.5, 0.6) is 0 Å². The van der Waals surface area contributed by atoms with Crippen molar-refractivity contribution in [1.82, 2.24) is 0 Å². The van der Waals surface area contributed by atoms with Crippen LogP contribution in [0.1, 0.15) is 0 Å². The number of para-hydroxylation sites is 4. The molecule has 0 amide bonds. The molecule has 0 radical (unpaired) electrons. The summed E-state index contributed by atoms with van der Waals surface area (Å²) in [5, 5.41) is 9.42. The molecule has 0 unspecified atom stereocenters.